The summed E-state index contributed by atoms with van der Waals surface area (Å²) in [6, 6.07) is 60.8. The van der Waals surface area contributed by atoms with E-state index in [9.17, 15) is 0 Å². The van der Waals surface area contributed by atoms with Gasteiger partial charge in [0.05, 0.1) is 33.4 Å². The molecule has 8 aliphatic heterocycles. The first-order valence-electron chi connectivity index (χ1n) is 49.9. The number of aliphatic imine (C=N–C) groups is 4. The second-order valence-electron chi connectivity index (χ2n) is 36.0. The molecule has 0 aliphatic carbocycles. The number of aryl methyl sites for hydroxylation is 4. The molecule has 0 aromatic heterocycles. The van der Waals surface area contributed by atoms with Crippen molar-refractivity contribution in [3.63, 3.8) is 0 Å². The summed E-state index contributed by atoms with van der Waals surface area (Å²) in [6.07, 6.45) is 83.1. The normalized spacial score (nSPS) is 16.2. The Morgan fingerprint density at radius 3 is 0.901 bits per heavy atom. The van der Waals surface area contributed by atoms with E-state index in [4.69, 9.17) is 38.9 Å². The molecule has 0 amide bonds. The van der Waals surface area contributed by atoms with Crippen molar-refractivity contribution in [1.29, 1.82) is 0 Å². The summed E-state index contributed by atoms with van der Waals surface area (Å²) in [7, 11) is 0. The summed E-state index contributed by atoms with van der Waals surface area (Å²) in [5.74, 6) is 10.3. The fourth-order valence-corrected chi connectivity index (χ4v) is 19.2. The molecule has 1 unspecified atom stereocenters. The maximum atomic E-state index is 7.06. The molecule has 0 radical (unpaired) electrons. The Bertz CT molecular complexity index is 5730. The summed E-state index contributed by atoms with van der Waals surface area (Å²) in [6.45, 7) is 8.93. The third kappa shape index (κ3) is 24.5. The van der Waals surface area contributed by atoms with E-state index in [1.807, 2.05) is 0 Å². The van der Waals surface area contributed by atoms with Gasteiger partial charge in [-0.05, 0) is 298 Å². The molecule has 12 nitrogen and oxygen atoms in total. The van der Waals surface area contributed by atoms with E-state index in [2.05, 4.69) is 313 Å². The van der Waals surface area contributed by atoms with Crippen molar-refractivity contribution in [1.82, 2.24) is 4.90 Å². The fraction of sp³-hybridized carbons (Fsp3) is 0.398. The van der Waals surface area contributed by atoms with Crippen LogP contribution in [0.4, 0.5) is 0 Å². The van der Waals surface area contributed by atoms with E-state index >= 15 is 0 Å². The van der Waals surface area contributed by atoms with Gasteiger partial charge in [0.25, 0.3) is 35.0 Å². The number of unbranched alkanes of at least 4 members (excludes halogenated alkanes) is 24. The first kappa shape index (κ1) is 97.4. The maximum Gasteiger partial charge on any atom is 1.00 e. The van der Waals surface area contributed by atoms with Gasteiger partial charge in [0.2, 0.25) is 12.0 Å². The van der Waals surface area contributed by atoms with Crippen molar-refractivity contribution >= 4 is 40.8 Å². The van der Waals surface area contributed by atoms with E-state index in [1.54, 1.807) is 0 Å². The second-order valence-corrected chi connectivity index (χ2v) is 36.0. The van der Waals surface area contributed by atoms with Gasteiger partial charge in [0, 0.05) is 11.1 Å². The predicted octanol–water partition coefficient (Wildman–Crippen LogP) is 28.7. The smallest absolute Gasteiger partial charge is 1.00 e. The summed E-state index contributed by atoms with van der Waals surface area (Å²) in [5.41, 5.74) is 12.7. The van der Waals surface area contributed by atoms with Gasteiger partial charge in [-0.25, -0.2) is 4.90 Å². The minimum absolute atomic E-state index is 0. The molecule has 0 saturated heterocycles. The van der Waals surface area contributed by atoms with Crippen molar-refractivity contribution in [2.24, 2.45) is 20.0 Å². The SMILES string of the molecule is C.CCC/C=C/C/C=C/CCCCCCCc1cccc(Oc2ccc3c(c2)C2=NC4=[N+]5C(=NC6=[N+]7C(=NC8c9cc(Oc%10cccc(CCCCCCC/C=C/C/C=C/CCC)c%10)ccc9C9=NC3=[N+]2[C@@]57N98)c2cc(Oc3cccc(CCCCCCC/C=C/C/C=C/CCC)c3)ccc26)c2cc(Oc3cccc(CCCCCCC/C=C/C/C=C/CCC)c3)ccc24)c1.[Cs+].[H-]. The number of nitrogens with zero attached hydrogens (tertiary/aromatic N) is 8. The molecule has 0 fully saturated rings. The Morgan fingerprint density at radius 2 is 0.565 bits per heavy atom. The maximum absolute atomic E-state index is 7.06. The summed E-state index contributed by atoms with van der Waals surface area (Å²) < 4.78 is 35.3. The van der Waals surface area contributed by atoms with Crippen molar-refractivity contribution < 1.29 is 103 Å². The Morgan fingerprint density at radius 1 is 0.290 bits per heavy atom. The van der Waals surface area contributed by atoms with Crippen LogP contribution in [-0.4, -0.2) is 65.4 Å². The molecule has 16 rings (SSSR count). The van der Waals surface area contributed by atoms with E-state index in [-0.39, 0.29) is 77.7 Å². The van der Waals surface area contributed by atoms with Crippen LogP contribution in [0.5, 0.6) is 46.0 Å². The molecule has 0 saturated carbocycles. The Kier molecular flexibility index (Phi) is 37.6. The van der Waals surface area contributed by atoms with Crippen LogP contribution in [0.15, 0.2) is 287 Å². The van der Waals surface area contributed by atoms with Crippen molar-refractivity contribution in [3.8, 4) is 46.0 Å². The van der Waals surface area contributed by atoms with Gasteiger partial charge < -0.3 is 20.4 Å². The number of hydrogen-bond donors (Lipinski definition) is 0. The molecule has 13 heteroatoms. The number of benzene rings is 8. The molecule has 676 valence electrons. The van der Waals surface area contributed by atoms with E-state index in [1.165, 1.54) is 170 Å². The first-order chi connectivity index (χ1) is 63.9. The van der Waals surface area contributed by atoms with Crippen molar-refractivity contribution in [2.75, 3.05) is 0 Å². The monoisotopic (exact) mass is 1870 g/mol. The van der Waals surface area contributed by atoms with Crippen LogP contribution in [0.1, 0.15) is 341 Å². The quantitative estimate of drug-likeness (QED) is 0.0215. The van der Waals surface area contributed by atoms with Gasteiger partial charge in [-0.2, -0.15) is 0 Å². The zero-order valence-electron chi connectivity index (χ0n) is 79.5. The van der Waals surface area contributed by atoms with Gasteiger partial charge in [-0.1, -0.05) is 299 Å². The zero-order valence-corrected chi connectivity index (χ0v) is 84.8. The second kappa shape index (κ2) is 50.5. The molecule has 1 spiro atoms. The Balaban J connectivity index is 0.00000494. The summed E-state index contributed by atoms with van der Waals surface area (Å²) >= 11 is 0. The van der Waals surface area contributed by atoms with Gasteiger partial charge >= 0.3 is 74.8 Å². The van der Waals surface area contributed by atoms with Gasteiger partial charge in [0.1, 0.15) is 46.0 Å². The number of amidine groups is 7. The number of allylic oxidation sites excluding steroid dienone is 16. The summed E-state index contributed by atoms with van der Waals surface area (Å²) in [5, 5.41) is 0. The summed E-state index contributed by atoms with van der Waals surface area (Å²) in [4.78, 5) is 26.4. The fourth-order valence-electron chi connectivity index (χ4n) is 19.2. The van der Waals surface area contributed by atoms with E-state index in [0.717, 1.165) is 241 Å². The van der Waals surface area contributed by atoms with Crippen molar-refractivity contribution in [2.45, 2.75) is 304 Å². The van der Waals surface area contributed by atoms with Crippen LogP contribution in [0, 0.1) is 0 Å². The van der Waals surface area contributed by atoms with E-state index < -0.39 is 12.1 Å². The standard InChI is InChI=1S/C117H137N8O4.CH4.Cs.H/c1-5-9-13-17-21-25-29-33-37-41-45-49-53-61-89-65-57-69-93(81-89)126-97-73-77-101-105(85-97)113-119-111-103-79-75-98(127-94-70-58-66-90(82-94)62-54-50-46-42-38-34-30-26-22-18-14-10-6-2)86-106(103)114-120-112-104-80-76-100(129-96-72-60-68-92(84-96)64-56-52-48-44-40-36-32-28-24-20-16-12-8-4)88-108(104)116-121-115-107-87-99(74-78-102(107)110-118-109(101)122(113)117(123(110)115,124(111)114)125(112)116)128-95-71-59-67-91(83-95)63-55-51-47-43-39-35-31-27-23-19-15-11-7-3;;;/h13-20,25-32,57-60,65-88,115H,5-12,21-24,33-56,61-64H2,1-4H3;1H4;;/q+3;;+1;-1/b17-13+,18-14+,19-15+,20-16+,29-25+,30-26+,31-27+,32-28+;;;/t115?,117-;;;/m1.../s1. The van der Waals surface area contributed by atoms with Crippen LogP contribution < -0.4 is 87.8 Å². The number of fused-ring (bicyclic) bond motifs is 12. The topological polar surface area (TPSA) is 98.6 Å². The molecule has 0 bridgehead atoms. The van der Waals surface area contributed by atoms with Gasteiger partial charge in [-0.3, -0.25) is 0 Å². The van der Waals surface area contributed by atoms with Crippen LogP contribution in [0.2, 0.25) is 0 Å². The molecular formula is C118H142CsN8O4+3. The molecule has 8 aromatic carbocycles. The number of hydrogen-bond acceptors (Lipinski definition) is 9. The minimum atomic E-state index is -1.28. The van der Waals surface area contributed by atoms with Crippen LogP contribution >= 0.6 is 0 Å². The molecule has 2 atom stereocenters. The molecule has 8 heterocycles. The third-order valence-corrected chi connectivity index (χ3v) is 25.9. The van der Waals surface area contributed by atoms with Crippen molar-refractivity contribution in [3.05, 3.63) is 334 Å². The van der Waals surface area contributed by atoms with Crippen LogP contribution in [-0.2, 0) is 25.7 Å². The average molecular weight is 1870 g/mol. The van der Waals surface area contributed by atoms with Gasteiger partial charge in [0.15, 0.2) is 0 Å². The Labute approximate surface area is 844 Å². The Hall–Kier alpha value is -9.58. The number of ether oxygens (including phenoxy) is 4. The van der Waals surface area contributed by atoms with Crippen LogP contribution in [0.25, 0.3) is 0 Å². The first-order valence-corrected chi connectivity index (χ1v) is 49.9. The molecule has 8 aliphatic rings. The van der Waals surface area contributed by atoms with Crippen LogP contribution in [0.3, 0.4) is 0 Å². The zero-order chi connectivity index (χ0) is 88.0. The molecular weight excluding hydrogens is 1730 g/mol. The van der Waals surface area contributed by atoms with E-state index in [0.29, 0.717) is 0 Å². The predicted molar refractivity (Wildman–Crippen MR) is 543 cm³/mol. The molecule has 131 heavy (non-hydrogen) atoms. The average Bonchev–Trinajstić information content (AvgIpc) is 1.46. The largest absolute Gasteiger partial charge is 1.00 e. The third-order valence-electron chi connectivity index (χ3n) is 25.9. The number of rotatable bonds is 56. The molecule has 0 N–H and O–H groups in total. The van der Waals surface area contributed by atoms with Gasteiger partial charge in [-0.15, -0.1) is 18.7 Å². The minimum Gasteiger partial charge on any atom is -1.00 e. The molecule has 8 aromatic rings.